The molecule has 3 N–H and O–H groups in total. The first-order chi connectivity index (χ1) is 15.2. The molecule has 5 rings (SSSR count). The lowest BCUT2D eigenvalue weighted by Gasteiger charge is -2.42. The summed E-state index contributed by atoms with van der Waals surface area (Å²) in [5, 5.41) is 10.1. The van der Waals surface area contributed by atoms with Crippen LogP contribution < -0.4 is 5.73 Å². The molecule has 32 heavy (non-hydrogen) atoms. The second kappa shape index (κ2) is 6.85. The van der Waals surface area contributed by atoms with Crippen LogP contribution in [-0.2, 0) is 19.2 Å². The third-order valence-corrected chi connectivity index (χ3v) is 6.99. The Balaban J connectivity index is 1.70. The Kier molecular flexibility index (Phi) is 4.30. The van der Waals surface area contributed by atoms with Crippen molar-refractivity contribution in [3.05, 3.63) is 64.3 Å². The fraction of sp³-hybridized carbons (Fsp3) is 0.292. The molecular formula is C24H20N2O6. The summed E-state index contributed by atoms with van der Waals surface area (Å²) in [6.45, 7) is 1.57. The third kappa shape index (κ3) is 2.65. The van der Waals surface area contributed by atoms with E-state index < -0.39 is 41.5 Å². The zero-order valence-corrected chi connectivity index (χ0v) is 17.2. The number of primary amides is 1. The summed E-state index contributed by atoms with van der Waals surface area (Å²) in [7, 11) is 0. The number of carbonyl (C=O) groups excluding carboxylic acids is 5. The maximum Gasteiger partial charge on any atom is 0.328 e. The Morgan fingerprint density at radius 2 is 1.88 bits per heavy atom. The largest absolute Gasteiger partial charge is 0.508 e. The number of phenols is 1. The van der Waals surface area contributed by atoms with Crippen LogP contribution in [0.2, 0.25) is 0 Å². The number of benzene rings is 1. The zero-order chi connectivity index (χ0) is 22.9. The summed E-state index contributed by atoms with van der Waals surface area (Å²) in [4.78, 5) is 64.1. The summed E-state index contributed by atoms with van der Waals surface area (Å²) >= 11 is 0. The molecule has 1 aliphatic heterocycles. The van der Waals surface area contributed by atoms with E-state index in [0.29, 0.717) is 27.2 Å². The Bertz CT molecular complexity index is 1240. The number of aromatic hydroxyl groups is 1. The molecule has 0 spiro atoms. The van der Waals surface area contributed by atoms with E-state index in [-0.39, 0.29) is 30.2 Å². The highest BCUT2D eigenvalue weighted by atomic mass is 16.3. The summed E-state index contributed by atoms with van der Waals surface area (Å²) in [6, 6.07) is 5.33. The van der Waals surface area contributed by atoms with Gasteiger partial charge in [-0.3, -0.25) is 19.2 Å². The molecule has 1 aromatic carbocycles. The smallest absolute Gasteiger partial charge is 0.328 e. The molecule has 4 atom stereocenters. The van der Waals surface area contributed by atoms with Crippen LogP contribution in [0, 0.1) is 17.8 Å². The van der Waals surface area contributed by atoms with Crippen molar-refractivity contribution in [3.8, 4) is 5.75 Å². The number of imide groups is 3. The van der Waals surface area contributed by atoms with Crippen molar-refractivity contribution in [1.29, 1.82) is 0 Å². The van der Waals surface area contributed by atoms with Gasteiger partial charge in [-0.15, -0.1) is 0 Å². The van der Waals surface area contributed by atoms with Gasteiger partial charge in [-0.1, -0.05) is 23.8 Å². The number of Topliss-reactive ketones (excluding diaryl/α,β-unsaturated/α-hetero) is 1. The Labute approximate surface area is 183 Å². The lowest BCUT2D eigenvalue weighted by Crippen LogP contribution is -2.42. The summed E-state index contributed by atoms with van der Waals surface area (Å²) in [5.74, 6) is -4.57. The minimum absolute atomic E-state index is 0.00870. The summed E-state index contributed by atoms with van der Waals surface area (Å²) < 4.78 is 0. The molecule has 1 heterocycles. The number of carbonyl (C=O) groups is 5. The molecule has 8 heteroatoms. The lowest BCUT2D eigenvalue weighted by atomic mass is 9.59. The topological polar surface area (TPSA) is 135 Å². The average molecular weight is 432 g/mol. The number of rotatable bonds is 1. The number of allylic oxidation sites excluding steroid dienone is 6. The zero-order valence-electron chi connectivity index (χ0n) is 17.2. The first kappa shape index (κ1) is 20.1. The number of urea groups is 1. The quantitative estimate of drug-likeness (QED) is 0.395. The van der Waals surface area contributed by atoms with Crippen LogP contribution in [0.5, 0.6) is 5.75 Å². The highest BCUT2D eigenvalue weighted by Gasteiger charge is 2.57. The molecule has 0 saturated carbocycles. The second-order valence-electron chi connectivity index (χ2n) is 8.67. The number of hydrogen-bond donors (Lipinski definition) is 2. The third-order valence-electron chi connectivity index (χ3n) is 6.99. The normalized spacial score (nSPS) is 29.3. The van der Waals surface area contributed by atoms with Gasteiger partial charge in [0.2, 0.25) is 11.8 Å². The fourth-order valence-electron chi connectivity index (χ4n) is 5.68. The van der Waals surface area contributed by atoms with Crippen LogP contribution in [0.1, 0.15) is 31.2 Å². The van der Waals surface area contributed by atoms with E-state index >= 15 is 0 Å². The van der Waals surface area contributed by atoms with Crippen LogP contribution in [0.15, 0.2) is 58.7 Å². The lowest BCUT2D eigenvalue weighted by molar-refractivity contribution is -0.136. The van der Waals surface area contributed by atoms with Gasteiger partial charge >= 0.3 is 6.03 Å². The number of nitrogens with two attached hydrogens (primary N) is 1. The van der Waals surface area contributed by atoms with E-state index in [4.69, 9.17) is 5.73 Å². The van der Waals surface area contributed by atoms with Gasteiger partial charge in [-0.25, -0.2) is 4.79 Å². The number of fused-ring (bicyclic) bond motifs is 3. The van der Waals surface area contributed by atoms with Crippen molar-refractivity contribution in [3.63, 3.8) is 0 Å². The molecule has 0 bridgehead atoms. The minimum atomic E-state index is -1.11. The van der Waals surface area contributed by atoms with Crippen molar-refractivity contribution in [2.45, 2.75) is 25.7 Å². The molecule has 162 valence electrons. The number of phenolic OH excluding ortho intramolecular Hbond substituents is 1. The Morgan fingerprint density at radius 1 is 1.12 bits per heavy atom. The molecule has 8 nitrogen and oxygen atoms in total. The van der Waals surface area contributed by atoms with Crippen LogP contribution in [0.4, 0.5) is 4.79 Å². The van der Waals surface area contributed by atoms with E-state index in [9.17, 15) is 29.1 Å². The minimum Gasteiger partial charge on any atom is -0.508 e. The van der Waals surface area contributed by atoms with Gasteiger partial charge < -0.3 is 10.8 Å². The molecule has 4 aliphatic rings. The van der Waals surface area contributed by atoms with Gasteiger partial charge in [0.25, 0.3) is 0 Å². The van der Waals surface area contributed by atoms with E-state index in [1.807, 2.05) is 6.08 Å². The number of amides is 4. The van der Waals surface area contributed by atoms with E-state index in [1.54, 1.807) is 19.1 Å². The maximum atomic E-state index is 13.1. The van der Waals surface area contributed by atoms with Gasteiger partial charge in [0, 0.05) is 22.6 Å². The van der Waals surface area contributed by atoms with Gasteiger partial charge in [0.1, 0.15) is 5.75 Å². The molecular weight excluding hydrogens is 412 g/mol. The van der Waals surface area contributed by atoms with Gasteiger partial charge in [-0.05, 0) is 49.5 Å². The Hall–Kier alpha value is -3.81. The van der Waals surface area contributed by atoms with E-state index in [0.717, 1.165) is 5.57 Å². The second-order valence-corrected chi connectivity index (χ2v) is 8.67. The van der Waals surface area contributed by atoms with Crippen molar-refractivity contribution >= 4 is 29.4 Å². The average Bonchev–Trinajstić information content (AvgIpc) is 3.01. The number of hydrogen-bond acceptors (Lipinski definition) is 6. The molecule has 0 aromatic heterocycles. The van der Waals surface area contributed by atoms with Crippen molar-refractivity contribution < 1.29 is 29.1 Å². The van der Waals surface area contributed by atoms with Gasteiger partial charge in [-0.2, -0.15) is 4.90 Å². The van der Waals surface area contributed by atoms with E-state index in [2.05, 4.69) is 0 Å². The highest BCUT2D eigenvalue weighted by Crippen LogP contribution is 2.55. The van der Waals surface area contributed by atoms with Gasteiger partial charge in [0.15, 0.2) is 11.6 Å². The molecule has 4 amide bonds. The molecule has 1 fully saturated rings. The first-order valence-electron chi connectivity index (χ1n) is 10.4. The number of nitrogens with zero attached hydrogens (tertiary/aromatic N) is 1. The maximum absolute atomic E-state index is 13.1. The van der Waals surface area contributed by atoms with Crippen molar-refractivity contribution in [2.75, 3.05) is 0 Å². The highest BCUT2D eigenvalue weighted by molar-refractivity contribution is 6.24. The molecule has 0 unspecified atom stereocenters. The van der Waals surface area contributed by atoms with Crippen LogP contribution in [-0.4, -0.2) is 39.4 Å². The summed E-state index contributed by atoms with van der Waals surface area (Å²) in [5.41, 5.74) is 7.63. The van der Waals surface area contributed by atoms with Crippen LogP contribution in [0.3, 0.4) is 0 Å². The van der Waals surface area contributed by atoms with Crippen LogP contribution in [0.25, 0.3) is 0 Å². The SMILES string of the molecule is CC1=CC(=O)C2=C(C[C@@H]3C(=CC[C@@H]4C(=O)N(C(N)=O)C(=O)[C@@H]43)[C@@H]2c2cccc(O)c2)C1=O. The number of ketones is 2. The summed E-state index contributed by atoms with van der Waals surface area (Å²) in [6.07, 6.45) is 3.50. The molecule has 0 radical (unpaired) electrons. The molecule has 1 aromatic rings. The standard InChI is InChI=1S/C24H20N2O6/c1-10-7-17(28)20-16(21(10)29)9-15-13(18(20)11-3-2-4-12(27)8-11)5-6-14-19(15)23(31)26(22(14)30)24(25)32/h2-5,7-8,14-15,18-19,27H,6,9H2,1H3,(H2,25,32)/t14-,15+,18-,19-/m0/s1. The Morgan fingerprint density at radius 3 is 2.56 bits per heavy atom. The van der Waals surface area contributed by atoms with Gasteiger partial charge in [0.05, 0.1) is 11.8 Å². The van der Waals surface area contributed by atoms with Crippen molar-refractivity contribution in [1.82, 2.24) is 4.90 Å². The first-order valence-corrected chi connectivity index (χ1v) is 10.4. The van der Waals surface area contributed by atoms with Crippen LogP contribution >= 0.6 is 0 Å². The molecule has 3 aliphatic carbocycles. The predicted molar refractivity (Wildman–Crippen MR) is 111 cm³/mol. The predicted octanol–water partition coefficient (Wildman–Crippen LogP) is 1.90. The monoisotopic (exact) mass is 432 g/mol. The van der Waals surface area contributed by atoms with Crippen molar-refractivity contribution in [2.24, 2.45) is 23.5 Å². The van der Waals surface area contributed by atoms with E-state index in [1.165, 1.54) is 18.2 Å². The molecule has 1 saturated heterocycles. The number of likely N-dealkylation sites (tertiary alicyclic amines) is 1. The fourth-order valence-corrected chi connectivity index (χ4v) is 5.68.